The van der Waals surface area contributed by atoms with Crippen LogP contribution in [0.4, 0.5) is 4.39 Å². The first-order valence-corrected chi connectivity index (χ1v) is 9.86. The third-order valence-corrected chi connectivity index (χ3v) is 6.27. The minimum Gasteiger partial charge on any atom is -0.346 e. The summed E-state index contributed by atoms with van der Waals surface area (Å²) >= 11 is 0. The Bertz CT molecular complexity index is 679. The van der Waals surface area contributed by atoms with Crippen molar-refractivity contribution in [2.75, 3.05) is 46.8 Å². The van der Waals surface area contributed by atoms with Gasteiger partial charge in [0.1, 0.15) is 5.82 Å². The predicted octanol–water partition coefficient (Wildman–Crippen LogP) is 2.42. The number of rotatable bonds is 5. The molecule has 3 rings (SSSR count). The molecular weight excluding hydrogens is 345 g/mol. The van der Waals surface area contributed by atoms with Crippen LogP contribution in [0.5, 0.6) is 0 Å². The zero-order chi connectivity index (χ0) is 19.4. The van der Waals surface area contributed by atoms with Crippen molar-refractivity contribution in [2.24, 2.45) is 0 Å². The maximum atomic E-state index is 13.0. The molecule has 2 aliphatic heterocycles. The highest BCUT2D eigenvalue weighted by molar-refractivity contribution is 5.95. The lowest BCUT2D eigenvalue weighted by molar-refractivity contribution is -0.129. The summed E-state index contributed by atoms with van der Waals surface area (Å²) < 4.78 is 13.0. The number of nitrogens with zero attached hydrogens (tertiary/aromatic N) is 3. The monoisotopic (exact) mass is 375 g/mol. The van der Waals surface area contributed by atoms with Crippen molar-refractivity contribution in [2.45, 2.75) is 37.6 Å². The molecule has 2 aliphatic rings. The average molecular weight is 375 g/mol. The van der Waals surface area contributed by atoms with E-state index in [1.54, 1.807) is 12.1 Å². The molecule has 2 saturated heterocycles. The van der Waals surface area contributed by atoms with Gasteiger partial charge in [0.2, 0.25) is 5.91 Å². The van der Waals surface area contributed by atoms with Gasteiger partial charge in [-0.3, -0.25) is 14.5 Å². The zero-order valence-corrected chi connectivity index (χ0v) is 16.4. The van der Waals surface area contributed by atoms with E-state index in [0.29, 0.717) is 18.4 Å². The second-order valence-corrected chi connectivity index (χ2v) is 8.02. The van der Waals surface area contributed by atoms with Crippen LogP contribution in [0.1, 0.15) is 42.5 Å². The van der Waals surface area contributed by atoms with Crippen molar-refractivity contribution < 1.29 is 14.0 Å². The Morgan fingerprint density at radius 1 is 1.11 bits per heavy atom. The number of carbonyl (C=O) groups is 2. The lowest BCUT2D eigenvalue weighted by atomic mass is 9.86. The smallest absolute Gasteiger partial charge is 0.222 e. The molecule has 5 nitrogen and oxygen atoms in total. The average Bonchev–Trinajstić information content (AvgIpc) is 2.80. The van der Waals surface area contributed by atoms with Gasteiger partial charge in [-0.15, -0.1) is 0 Å². The highest BCUT2D eigenvalue weighted by atomic mass is 19.1. The van der Waals surface area contributed by atoms with E-state index in [4.69, 9.17) is 0 Å². The number of ketones is 1. The molecule has 6 heteroatoms. The first-order valence-electron chi connectivity index (χ1n) is 9.86. The fourth-order valence-electron chi connectivity index (χ4n) is 4.27. The Kier molecular flexibility index (Phi) is 6.27. The van der Waals surface area contributed by atoms with Crippen molar-refractivity contribution >= 4 is 11.7 Å². The van der Waals surface area contributed by atoms with Crippen LogP contribution in [0, 0.1) is 5.82 Å². The van der Waals surface area contributed by atoms with Crippen molar-refractivity contribution in [3.05, 3.63) is 35.6 Å². The molecule has 0 saturated carbocycles. The van der Waals surface area contributed by atoms with Gasteiger partial charge in [-0.25, -0.2) is 4.39 Å². The summed E-state index contributed by atoms with van der Waals surface area (Å²) in [6.45, 7) is 4.62. The van der Waals surface area contributed by atoms with E-state index in [1.165, 1.54) is 12.1 Å². The van der Waals surface area contributed by atoms with Crippen molar-refractivity contribution in [1.82, 2.24) is 14.7 Å². The van der Waals surface area contributed by atoms with Gasteiger partial charge in [0, 0.05) is 57.2 Å². The number of hydrogen-bond acceptors (Lipinski definition) is 4. The number of likely N-dealkylation sites (N-methyl/N-ethyl adjacent to an activating group) is 1. The fraction of sp³-hybridized carbons (Fsp3) is 0.619. The van der Waals surface area contributed by atoms with Gasteiger partial charge in [-0.1, -0.05) is 0 Å². The second-order valence-electron chi connectivity index (χ2n) is 8.02. The van der Waals surface area contributed by atoms with E-state index in [2.05, 4.69) is 16.8 Å². The van der Waals surface area contributed by atoms with E-state index < -0.39 is 0 Å². The summed E-state index contributed by atoms with van der Waals surface area (Å²) in [4.78, 5) is 31.1. The van der Waals surface area contributed by atoms with Crippen LogP contribution in [0.2, 0.25) is 0 Å². The highest BCUT2D eigenvalue weighted by Crippen LogP contribution is 2.31. The molecule has 27 heavy (non-hydrogen) atoms. The Morgan fingerprint density at radius 3 is 2.59 bits per heavy atom. The van der Waals surface area contributed by atoms with Gasteiger partial charge in [-0.2, -0.15) is 0 Å². The molecule has 1 amide bonds. The molecule has 0 bridgehead atoms. The largest absolute Gasteiger partial charge is 0.346 e. The maximum absolute atomic E-state index is 13.0. The van der Waals surface area contributed by atoms with Crippen LogP contribution in [-0.2, 0) is 4.79 Å². The normalized spacial score (nSPS) is 25.0. The predicted molar refractivity (Wildman–Crippen MR) is 103 cm³/mol. The van der Waals surface area contributed by atoms with Crippen LogP contribution in [0.15, 0.2) is 24.3 Å². The topological polar surface area (TPSA) is 43.9 Å². The number of hydrogen-bond donors (Lipinski definition) is 0. The second kappa shape index (κ2) is 8.48. The first-order chi connectivity index (χ1) is 12.9. The number of likely N-dealkylation sites (tertiary alicyclic amines) is 1. The summed E-state index contributed by atoms with van der Waals surface area (Å²) in [7, 11) is 4.06. The zero-order valence-electron chi connectivity index (χ0n) is 16.4. The Balaban J connectivity index is 1.53. The molecule has 1 spiro atoms. The third kappa shape index (κ3) is 4.74. The van der Waals surface area contributed by atoms with E-state index in [-0.39, 0.29) is 23.0 Å². The first kappa shape index (κ1) is 20.0. The van der Waals surface area contributed by atoms with Crippen LogP contribution < -0.4 is 0 Å². The summed E-state index contributed by atoms with van der Waals surface area (Å²) in [5.74, 6) is -0.00960. The SMILES string of the molecule is CN1CC[C@@]2(CCC1=O)CN(CCCC(=O)c1ccc(F)cc1)CCN2C. The maximum Gasteiger partial charge on any atom is 0.222 e. The van der Waals surface area contributed by atoms with Crippen molar-refractivity contribution in [3.8, 4) is 0 Å². The van der Waals surface area contributed by atoms with Gasteiger partial charge >= 0.3 is 0 Å². The van der Waals surface area contributed by atoms with E-state index in [9.17, 15) is 14.0 Å². The van der Waals surface area contributed by atoms with Gasteiger partial charge in [0.05, 0.1) is 0 Å². The molecule has 0 radical (unpaired) electrons. The van der Waals surface area contributed by atoms with E-state index >= 15 is 0 Å². The van der Waals surface area contributed by atoms with Crippen LogP contribution in [0.3, 0.4) is 0 Å². The van der Waals surface area contributed by atoms with Gasteiger partial charge < -0.3 is 9.80 Å². The Hall–Kier alpha value is -1.79. The molecule has 148 valence electrons. The van der Waals surface area contributed by atoms with E-state index in [0.717, 1.165) is 52.0 Å². The van der Waals surface area contributed by atoms with Crippen molar-refractivity contribution in [3.63, 3.8) is 0 Å². The molecule has 2 fully saturated rings. The number of benzene rings is 1. The molecule has 0 unspecified atom stereocenters. The summed E-state index contributed by atoms with van der Waals surface area (Å²) in [6, 6.07) is 5.78. The van der Waals surface area contributed by atoms with Crippen LogP contribution in [-0.4, -0.2) is 78.7 Å². The summed E-state index contributed by atoms with van der Waals surface area (Å²) in [6.07, 6.45) is 3.78. The Morgan fingerprint density at radius 2 is 1.85 bits per heavy atom. The minimum absolute atomic E-state index is 0.0552. The number of piperazine rings is 1. The van der Waals surface area contributed by atoms with E-state index in [1.807, 2.05) is 11.9 Å². The quantitative estimate of drug-likeness (QED) is 0.742. The molecular formula is C21H30FN3O2. The van der Waals surface area contributed by atoms with Crippen molar-refractivity contribution in [1.29, 1.82) is 0 Å². The lowest BCUT2D eigenvalue weighted by Gasteiger charge is -2.49. The highest BCUT2D eigenvalue weighted by Gasteiger charge is 2.41. The third-order valence-electron chi connectivity index (χ3n) is 6.27. The summed E-state index contributed by atoms with van der Waals surface area (Å²) in [5.41, 5.74) is 0.635. The van der Waals surface area contributed by atoms with Crippen LogP contribution >= 0.6 is 0 Å². The molecule has 0 aliphatic carbocycles. The standard InChI is InChI=1S/C21H30FN3O2/c1-23-13-11-21(10-9-20(23)27)16-25(15-14-24(21)2)12-3-4-19(26)17-5-7-18(22)8-6-17/h5-8H,3-4,9-16H2,1-2H3/t21-/m0/s1. The number of Topliss-reactive ketones (excluding diaryl/α,β-unsaturated/α-hetero) is 1. The van der Waals surface area contributed by atoms with Gasteiger partial charge in [0.15, 0.2) is 5.78 Å². The van der Waals surface area contributed by atoms with Gasteiger partial charge in [0.25, 0.3) is 0 Å². The Labute approximate surface area is 161 Å². The van der Waals surface area contributed by atoms with Gasteiger partial charge in [-0.05, 0) is 57.1 Å². The molecule has 1 atom stereocenters. The summed E-state index contributed by atoms with van der Waals surface area (Å²) in [5, 5.41) is 0. The molecule has 0 aromatic heterocycles. The number of halogens is 1. The fourth-order valence-corrected chi connectivity index (χ4v) is 4.27. The molecule has 1 aromatic carbocycles. The molecule has 2 heterocycles. The molecule has 0 N–H and O–H groups in total. The number of amides is 1. The van der Waals surface area contributed by atoms with Crippen LogP contribution in [0.25, 0.3) is 0 Å². The molecule has 1 aromatic rings. The lowest BCUT2D eigenvalue weighted by Crippen LogP contribution is -2.61. The minimum atomic E-state index is -0.318. The number of carbonyl (C=O) groups excluding carboxylic acids is 2.